The Hall–Kier alpha value is -3.62. The molecule has 1 N–H and O–H groups in total. The molecule has 2 amide bonds. The predicted octanol–water partition coefficient (Wildman–Crippen LogP) is 4.25. The van der Waals surface area contributed by atoms with Crippen LogP contribution in [0.4, 0.5) is 10.6 Å². The highest BCUT2D eigenvalue weighted by molar-refractivity contribution is 6.31. The first-order valence-electron chi connectivity index (χ1n) is 15.7. The number of rotatable bonds is 6. The van der Waals surface area contributed by atoms with Crippen LogP contribution < -0.4 is 15.0 Å². The quantitative estimate of drug-likeness (QED) is 0.504. The molecule has 4 aliphatic rings. The standard InChI is InChI=1S/C32H40ClN7O4/c1-43-31(42)39-12-8-24(9-13-39)40-20-32(21-40)10-14-38(15-11-32)29-19-35-28(18-36-29)30(41)37-23-3-6-25(7-4-23)44-26-5-2-22(17-34)27(33)16-26/h2,5,16,18-19,23-25H,3-4,6-15,20-21H2,1H3,(H,37,41). The van der Waals surface area contributed by atoms with Crippen LogP contribution in [0.25, 0.3) is 0 Å². The second-order valence-corrected chi connectivity index (χ2v) is 13.1. The van der Waals surface area contributed by atoms with Crippen molar-refractivity contribution in [2.45, 2.75) is 69.6 Å². The van der Waals surface area contributed by atoms with Crippen molar-refractivity contribution in [3.05, 3.63) is 46.9 Å². The van der Waals surface area contributed by atoms with Crippen LogP contribution in [-0.2, 0) is 4.74 Å². The molecule has 3 saturated heterocycles. The highest BCUT2D eigenvalue weighted by Gasteiger charge is 2.47. The van der Waals surface area contributed by atoms with E-state index in [4.69, 9.17) is 26.3 Å². The molecule has 1 aliphatic carbocycles. The number of hydrogen-bond donors (Lipinski definition) is 1. The summed E-state index contributed by atoms with van der Waals surface area (Å²) >= 11 is 6.13. The molecule has 4 heterocycles. The minimum Gasteiger partial charge on any atom is -0.490 e. The van der Waals surface area contributed by atoms with Crippen molar-refractivity contribution in [2.24, 2.45) is 5.41 Å². The number of carbonyl (C=O) groups is 2. The van der Waals surface area contributed by atoms with Crippen molar-refractivity contribution in [1.82, 2.24) is 25.1 Å². The van der Waals surface area contributed by atoms with E-state index in [2.05, 4.69) is 31.2 Å². The van der Waals surface area contributed by atoms with Gasteiger partial charge in [0, 0.05) is 57.4 Å². The minimum atomic E-state index is -0.217. The maximum Gasteiger partial charge on any atom is 0.409 e. The van der Waals surface area contributed by atoms with Gasteiger partial charge in [-0.15, -0.1) is 0 Å². The van der Waals surface area contributed by atoms with Gasteiger partial charge >= 0.3 is 6.09 Å². The number of methoxy groups -OCH3 is 1. The van der Waals surface area contributed by atoms with Gasteiger partial charge in [-0.2, -0.15) is 5.26 Å². The molecule has 11 nitrogen and oxygen atoms in total. The molecular weight excluding hydrogens is 582 g/mol. The average Bonchev–Trinajstić information content (AvgIpc) is 3.04. The SMILES string of the molecule is COC(=O)N1CCC(N2CC3(CCN(c4cnc(C(=O)NC5CCC(Oc6ccc(C#N)c(Cl)c6)CC5)cn4)CC3)C2)CC1. The molecule has 0 atom stereocenters. The van der Waals surface area contributed by atoms with Crippen molar-refractivity contribution in [3.63, 3.8) is 0 Å². The summed E-state index contributed by atoms with van der Waals surface area (Å²) in [6.07, 6.45) is 10.7. The Bertz CT molecular complexity index is 1370. The Kier molecular flexibility index (Phi) is 9.10. The number of aromatic nitrogens is 2. The van der Waals surface area contributed by atoms with Gasteiger partial charge in [-0.1, -0.05) is 11.6 Å². The number of benzene rings is 1. The van der Waals surface area contributed by atoms with Crippen molar-refractivity contribution in [2.75, 3.05) is 51.3 Å². The van der Waals surface area contributed by atoms with Gasteiger partial charge in [-0.3, -0.25) is 9.69 Å². The number of carbonyl (C=O) groups excluding carboxylic acids is 2. The number of ether oxygens (including phenoxy) is 2. The van der Waals surface area contributed by atoms with Crippen LogP contribution >= 0.6 is 11.6 Å². The number of amides is 2. The van der Waals surface area contributed by atoms with Crippen LogP contribution in [0.2, 0.25) is 5.02 Å². The molecule has 2 aromatic rings. The first-order valence-corrected chi connectivity index (χ1v) is 16.0. The van der Waals surface area contributed by atoms with E-state index in [9.17, 15) is 9.59 Å². The summed E-state index contributed by atoms with van der Waals surface area (Å²) in [4.78, 5) is 40.4. The summed E-state index contributed by atoms with van der Waals surface area (Å²) in [5.74, 6) is 1.28. The Labute approximate surface area is 263 Å². The first kappa shape index (κ1) is 30.4. The van der Waals surface area contributed by atoms with Gasteiger partial charge in [-0.05, 0) is 68.9 Å². The molecule has 44 heavy (non-hydrogen) atoms. The third kappa shape index (κ3) is 6.71. The summed E-state index contributed by atoms with van der Waals surface area (Å²) in [5.41, 5.74) is 1.14. The fourth-order valence-corrected chi connectivity index (χ4v) is 7.39. The Balaban J connectivity index is 0.910. The normalized spacial score (nSPS) is 23.8. The van der Waals surface area contributed by atoms with E-state index < -0.39 is 0 Å². The number of nitrogens with one attached hydrogen (secondary N) is 1. The van der Waals surface area contributed by atoms with E-state index in [1.165, 1.54) is 7.11 Å². The molecule has 6 rings (SSSR count). The fraction of sp³-hybridized carbons (Fsp3) is 0.594. The number of halogens is 1. The van der Waals surface area contributed by atoms with Gasteiger partial charge in [0.25, 0.3) is 5.91 Å². The molecule has 4 fully saturated rings. The first-order chi connectivity index (χ1) is 21.3. The Morgan fingerprint density at radius 1 is 1.02 bits per heavy atom. The van der Waals surface area contributed by atoms with Crippen LogP contribution in [0.1, 0.15) is 67.4 Å². The highest BCUT2D eigenvalue weighted by atomic mass is 35.5. The molecule has 0 radical (unpaired) electrons. The van der Waals surface area contributed by atoms with Gasteiger partial charge in [0.1, 0.15) is 23.3 Å². The van der Waals surface area contributed by atoms with Crippen LogP contribution in [0, 0.1) is 16.7 Å². The third-order valence-electron chi connectivity index (χ3n) is 9.88. The van der Waals surface area contributed by atoms with Gasteiger partial charge in [-0.25, -0.2) is 14.8 Å². The maximum absolute atomic E-state index is 12.9. The number of anilines is 1. The number of nitriles is 1. The predicted molar refractivity (Wildman–Crippen MR) is 165 cm³/mol. The maximum atomic E-state index is 12.9. The second-order valence-electron chi connectivity index (χ2n) is 12.7. The average molecular weight is 622 g/mol. The van der Waals surface area contributed by atoms with Gasteiger partial charge in [0.15, 0.2) is 0 Å². The topological polar surface area (TPSA) is 124 Å². The van der Waals surface area contributed by atoms with E-state index in [-0.39, 0.29) is 24.1 Å². The van der Waals surface area contributed by atoms with Crippen LogP contribution in [0.3, 0.4) is 0 Å². The molecule has 234 valence electrons. The van der Waals surface area contributed by atoms with Crippen LogP contribution in [-0.4, -0.2) is 96.3 Å². The van der Waals surface area contributed by atoms with Crippen LogP contribution in [0.5, 0.6) is 5.75 Å². The van der Waals surface area contributed by atoms with Gasteiger partial charge in [0.05, 0.1) is 36.2 Å². The zero-order chi connectivity index (χ0) is 30.7. The lowest BCUT2D eigenvalue weighted by Gasteiger charge is -2.57. The van der Waals surface area contributed by atoms with E-state index >= 15 is 0 Å². The van der Waals surface area contributed by atoms with E-state index in [0.29, 0.717) is 33.5 Å². The Morgan fingerprint density at radius 3 is 2.36 bits per heavy atom. The van der Waals surface area contributed by atoms with E-state index in [0.717, 1.165) is 96.5 Å². The lowest BCUT2D eigenvalue weighted by atomic mass is 9.71. The monoisotopic (exact) mass is 621 g/mol. The van der Waals surface area contributed by atoms with Gasteiger partial charge < -0.3 is 24.6 Å². The molecule has 1 aromatic heterocycles. The molecule has 1 aromatic carbocycles. The zero-order valence-electron chi connectivity index (χ0n) is 25.2. The van der Waals surface area contributed by atoms with E-state index in [1.54, 1.807) is 35.5 Å². The lowest BCUT2D eigenvalue weighted by Crippen LogP contribution is -2.64. The van der Waals surface area contributed by atoms with Crippen molar-refractivity contribution >= 4 is 29.4 Å². The van der Waals surface area contributed by atoms with Gasteiger partial charge in [0.2, 0.25) is 0 Å². The van der Waals surface area contributed by atoms with E-state index in [1.807, 2.05) is 0 Å². The van der Waals surface area contributed by atoms with Crippen LogP contribution in [0.15, 0.2) is 30.6 Å². The number of hydrogen-bond acceptors (Lipinski definition) is 9. The third-order valence-corrected chi connectivity index (χ3v) is 10.2. The summed E-state index contributed by atoms with van der Waals surface area (Å²) < 4.78 is 10.9. The van der Waals surface area contributed by atoms with Crippen molar-refractivity contribution < 1.29 is 19.1 Å². The summed E-state index contributed by atoms with van der Waals surface area (Å²) in [6, 6.07) is 7.79. The molecule has 1 saturated carbocycles. The summed E-state index contributed by atoms with van der Waals surface area (Å²) in [5, 5.41) is 12.5. The van der Waals surface area contributed by atoms with Crippen molar-refractivity contribution in [3.8, 4) is 11.8 Å². The zero-order valence-corrected chi connectivity index (χ0v) is 26.0. The lowest BCUT2D eigenvalue weighted by molar-refractivity contribution is -0.0601. The summed E-state index contributed by atoms with van der Waals surface area (Å²) in [6.45, 7) is 5.69. The molecule has 1 spiro atoms. The molecule has 3 aliphatic heterocycles. The molecule has 12 heteroatoms. The number of nitrogens with zero attached hydrogens (tertiary/aromatic N) is 6. The molecule has 0 bridgehead atoms. The molecule has 0 unspecified atom stereocenters. The van der Waals surface area contributed by atoms with Crippen molar-refractivity contribution in [1.29, 1.82) is 5.26 Å². The number of piperidine rings is 2. The fourth-order valence-electron chi connectivity index (χ4n) is 7.18. The largest absolute Gasteiger partial charge is 0.490 e. The Morgan fingerprint density at radius 2 is 1.75 bits per heavy atom. The number of likely N-dealkylation sites (tertiary alicyclic amines) is 2. The minimum absolute atomic E-state index is 0.0455. The smallest absolute Gasteiger partial charge is 0.409 e. The summed E-state index contributed by atoms with van der Waals surface area (Å²) in [7, 11) is 1.44. The second kappa shape index (κ2) is 13.2. The molecular formula is C32H40ClN7O4. The highest BCUT2D eigenvalue weighted by Crippen LogP contribution is 2.43.